The fourth-order valence-electron chi connectivity index (χ4n) is 1.89. The van der Waals surface area contributed by atoms with Crippen molar-refractivity contribution in [1.29, 1.82) is 0 Å². The summed E-state index contributed by atoms with van der Waals surface area (Å²) in [5.41, 5.74) is -0.306. The van der Waals surface area contributed by atoms with Gasteiger partial charge in [0.05, 0.1) is 4.90 Å². The second-order valence-corrected chi connectivity index (χ2v) is 5.71. The number of pyridine rings is 1. The molecule has 1 aliphatic rings. The van der Waals surface area contributed by atoms with Crippen molar-refractivity contribution in [3.05, 3.63) is 28.7 Å². The average Bonchev–Trinajstić information content (AvgIpc) is 2.70. The Labute approximate surface area is 93.9 Å². The summed E-state index contributed by atoms with van der Waals surface area (Å²) in [4.78, 5) is 13.3. The minimum atomic E-state index is -3.48. The standard InChI is InChI=1S/C10H14N2O3S/c13-10-6-5-9(7-11-10)16(14,15)12-8-3-1-2-4-8/h5-8,12H,1-4H2,(H,11,13). The van der Waals surface area contributed by atoms with Crippen LogP contribution < -0.4 is 10.3 Å². The van der Waals surface area contributed by atoms with Crippen molar-refractivity contribution >= 4 is 10.0 Å². The van der Waals surface area contributed by atoms with Gasteiger partial charge in [-0.1, -0.05) is 12.8 Å². The van der Waals surface area contributed by atoms with Gasteiger partial charge in [-0.2, -0.15) is 0 Å². The molecule has 1 aromatic heterocycles. The molecule has 16 heavy (non-hydrogen) atoms. The first-order chi connectivity index (χ1) is 7.58. The summed E-state index contributed by atoms with van der Waals surface area (Å²) < 4.78 is 26.4. The second kappa shape index (κ2) is 4.39. The molecule has 0 unspecified atom stereocenters. The molecule has 0 saturated heterocycles. The van der Waals surface area contributed by atoms with Crippen LogP contribution in [0.3, 0.4) is 0 Å². The van der Waals surface area contributed by atoms with E-state index in [4.69, 9.17) is 0 Å². The van der Waals surface area contributed by atoms with Crippen molar-refractivity contribution in [2.45, 2.75) is 36.6 Å². The summed E-state index contributed by atoms with van der Waals surface area (Å²) in [5.74, 6) is 0. The second-order valence-electron chi connectivity index (χ2n) is 3.99. The first-order valence-electron chi connectivity index (χ1n) is 5.29. The van der Waals surface area contributed by atoms with E-state index in [0.29, 0.717) is 0 Å². The summed E-state index contributed by atoms with van der Waals surface area (Å²) in [5, 5.41) is 0. The maximum atomic E-state index is 11.9. The van der Waals surface area contributed by atoms with E-state index in [0.717, 1.165) is 25.7 Å². The third-order valence-electron chi connectivity index (χ3n) is 2.74. The molecular formula is C10H14N2O3S. The third-order valence-corrected chi connectivity index (χ3v) is 4.26. The zero-order valence-corrected chi connectivity index (χ0v) is 9.59. The average molecular weight is 242 g/mol. The lowest BCUT2D eigenvalue weighted by molar-refractivity contribution is 0.552. The molecule has 0 bridgehead atoms. The number of H-pyrrole nitrogens is 1. The van der Waals surface area contributed by atoms with Crippen LogP contribution in [-0.2, 0) is 10.0 Å². The highest BCUT2D eigenvalue weighted by Crippen LogP contribution is 2.19. The summed E-state index contributed by atoms with van der Waals surface area (Å²) in [6, 6.07) is 2.57. The molecule has 6 heteroatoms. The van der Waals surface area contributed by atoms with Gasteiger partial charge in [0.25, 0.3) is 0 Å². The highest BCUT2D eigenvalue weighted by Gasteiger charge is 2.22. The number of sulfonamides is 1. The van der Waals surface area contributed by atoms with Crippen molar-refractivity contribution in [2.75, 3.05) is 0 Å². The number of aromatic amines is 1. The highest BCUT2D eigenvalue weighted by atomic mass is 32.2. The molecule has 1 heterocycles. The topological polar surface area (TPSA) is 79.0 Å². The van der Waals surface area contributed by atoms with Crippen LogP contribution in [0.25, 0.3) is 0 Å². The predicted molar refractivity (Wildman–Crippen MR) is 59.6 cm³/mol. The van der Waals surface area contributed by atoms with E-state index in [1.807, 2.05) is 0 Å². The molecule has 0 aliphatic heterocycles. The highest BCUT2D eigenvalue weighted by molar-refractivity contribution is 7.89. The SMILES string of the molecule is O=c1ccc(S(=O)(=O)NC2CCCC2)c[nH]1. The van der Waals surface area contributed by atoms with Gasteiger partial charge < -0.3 is 4.98 Å². The number of hydrogen-bond acceptors (Lipinski definition) is 3. The predicted octanol–water partition coefficient (Wildman–Crippen LogP) is 0.596. The molecule has 1 aliphatic carbocycles. The van der Waals surface area contributed by atoms with Crippen molar-refractivity contribution < 1.29 is 8.42 Å². The Hall–Kier alpha value is -1.14. The molecule has 0 spiro atoms. The Morgan fingerprint density at radius 3 is 2.50 bits per heavy atom. The van der Waals surface area contributed by atoms with Gasteiger partial charge in [-0.3, -0.25) is 4.79 Å². The molecule has 0 atom stereocenters. The van der Waals surface area contributed by atoms with Gasteiger partial charge in [0.15, 0.2) is 0 Å². The van der Waals surface area contributed by atoms with Crippen LogP contribution in [0.1, 0.15) is 25.7 Å². The zero-order valence-electron chi connectivity index (χ0n) is 8.77. The van der Waals surface area contributed by atoms with Gasteiger partial charge in [-0.05, 0) is 18.9 Å². The van der Waals surface area contributed by atoms with E-state index in [9.17, 15) is 13.2 Å². The lowest BCUT2D eigenvalue weighted by Crippen LogP contribution is -2.32. The van der Waals surface area contributed by atoms with Gasteiger partial charge >= 0.3 is 0 Å². The largest absolute Gasteiger partial charge is 0.328 e. The molecule has 1 saturated carbocycles. The van der Waals surface area contributed by atoms with Gasteiger partial charge in [0.1, 0.15) is 0 Å². The molecular weight excluding hydrogens is 228 g/mol. The molecule has 1 aromatic rings. The van der Waals surface area contributed by atoms with Crippen LogP contribution in [0.15, 0.2) is 28.0 Å². The minimum absolute atomic E-state index is 0.0388. The Morgan fingerprint density at radius 1 is 1.25 bits per heavy atom. The Bertz CT molecular complexity index is 495. The van der Waals surface area contributed by atoms with Crippen LogP contribution in [0.2, 0.25) is 0 Å². The van der Waals surface area contributed by atoms with Crippen LogP contribution in [0.5, 0.6) is 0 Å². The maximum Gasteiger partial charge on any atom is 0.247 e. The quantitative estimate of drug-likeness (QED) is 0.814. The van der Waals surface area contributed by atoms with Crippen LogP contribution in [0, 0.1) is 0 Å². The molecule has 5 nitrogen and oxygen atoms in total. The Kier molecular flexibility index (Phi) is 3.11. The summed E-state index contributed by atoms with van der Waals surface area (Å²) >= 11 is 0. The van der Waals surface area contributed by atoms with E-state index < -0.39 is 10.0 Å². The van der Waals surface area contributed by atoms with Gasteiger partial charge in [0.2, 0.25) is 15.6 Å². The number of rotatable bonds is 3. The van der Waals surface area contributed by atoms with Crippen LogP contribution in [0.4, 0.5) is 0 Å². The maximum absolute atomic E-state index is 11.9. The zero-order chi connectivity index (χ0) is 11.6. The summed E-state index contributed by atoms with van der Waals surface area (Å²) in [7, 11) is -3.48. The van der Waals surface area contributed by atoms with Crippen molar-refractivity contribution in [1.82, 2.24) is 9.71 Å². The summed E-state index contributed by atoms with van der Waals surface area (Å²) in [6.45, 7) is 0. The lowest BCUT2D eigenvalue weighted by atomic mass is 10.3. The fourth-order valence-corrected chi connectivity index (χ4v) is 3.17. The number of hydrogen-bond donors (Lipinski definition) is 2. The first kappa shape index (κ1) is 11.3. The van der Waals surface area contributed by atoms with Crippen molar-refractivity contribution in [3.63, 3.8) is 0 Å². The molecule has 2 N–H and O–H groups in total. The smallest absolute Gasteiger partial charge is 0.247 e. The number of aromatic nitrogens is 1. The molecule has 0 radical (unpaired) electrons. The van der Waals surface area contributed by atoms with Gasteiger partial charge in [-0.15, -0.1) is 0 Å². The van der Waals surface area contributed by atoms with E-state index >= 15 is 0 Å². The third kappa shape index (κ3) is 2.51. The van der Waals surface area contributed by atoms with Crippen LogP contribution in [-0.4, -0.2) is 19.4 Å². The lowest BCUT2D eigenvalue weighted by Gasteiger charge is -2.11. The Morgan fingerprint density at radius 2 is 1.94 bits per heavy atom. The van der Waals surface area contributed by atoms with E-state index in [2.05, 4.69) is 9.71 Å². The van der Waals surface area contributed by atoms with Crippen molar-refractivity contribution in [2.24, 2.45) is 0 Å². The fraction of sp³-hybridized carbons (Fsp3) is 0.500. The van der Waals surface area contributed by atoms with Crippen LogP contribution >= 0.6 is 0 Å². The van der Waals surface area contributed by atoms with E-state index in [-0.39, 0.29) is 16.5 Å². The van der Waals surface area contributed by atoms with E-state index in [1.165, 1.54) is 18.3 Å². The summed E-state index contributed by atoms with van der Waals surface area (Å²) in [6.07, 6.45) is 5.14. The number of nitrogens with one attached hydrogen (secondary N) is 2. The Balaban J connectivity index is 2.18. The first-order valence-corrected chi connectivity index (χ1v) is 6.77. The monoisotopic (exact) mass is 242 g/mol. The van der Waals surface area contributed by atoms with Gasteiger partial charge in [-0.25, -0.2) is 13.1 Å². The molecule has 2 rings (SSSR count). The van der Waals surface area contributed by atoms with E-state index in [1.54, 1.807) is 0 Å². The molecule has 0 aromatic carbocycles. The minimum Gasteiger partial charge on any atom is -0.328 e. The normalized spacial score (nSPS) is 17.8. The van der Waals surface area contributed by atoms with Gasteiger partial charge in [0, 0.05) is 18.3 Å². The molecule has 88 valence electrons. The molecule has 1 fully saturated rings. The molecule has 0 amide bonds. The van der Waals surface area contributed by atoms with Crippen molar-refractivity contribution in [3.8, 4) is 0 Å².